The lowest BCUT2D eigenvalue weighted by Gasteiger charge is -2.14. The fourth-order valence-corrected chi connectivity index (χ4v) is 3.06. The van der Waals surface area contributed by atoms with Crippen molar-refractivity contribution in [3.05, 3.63) is 82.9 Å². The molecule has 100 valence electrons. The van der Waals surface area contributed by atoms with Gasteiger partial charge in [-0.15, -0.1) is 11.6 Å². The number of halogens is 2. The van der Waals surface area contributed by atoms with E-state index in [2.05, 4.69) is 30.3 Å². The van der Waals surface area contributed by atoms with Crippen LogP contribution in [0.2, 0.25) is 5.02 Å². The monoisotopic (exact) mass is 300 g/mol. The van der Waals surface area contributed by atoms with Gasteiger partial charge in [0.15, 0.2) is 0 Å². The van der Waals surface area contributed by atoms with E-state index in [1.165, 1.54) is 10.8 Å². The van der Waals surface area contributed by atoms with Crippen molar-refractivity contribution in [1.29, 1.82) is 0 Å². The Balaban J connectivity index is 1.97. The van der Waals surface area contributed by atoms with Crippen molar-refractivity contribution >= 4 is 34.0 Å². The van der Waals surface area contributed by atoms with Gasteiger partial charge in [0.05, 0.1) is 5.38 Å². The van der Waals surface area contributed by atoms with Gasteiger partial charge >= 0.3 is 0 Å². The summed E-state index contributed by atoms with van der Waals surface area (Å²) in [6, 6.07) is 22.4. The molecule has 0 nitrogen and oxygen atoms in total. The quantitative estimate of drug-likeness (QED) is 0.519. The minimum Gasteiger partial charge on any atom is -0.117 e. The third kappa shape index (κ3) is 2.67. The van der Waals surface area contributed by atoms with Crippen LogP contribution < -0.4 is 0 Å². The number of hydrogen-bond acceptors (Lipinski definition) is 0. The lowest BCUT2D eigenvalue weighted by Crippen LogP contribution is -1.97. The van der Waals surface area contributed by atoms with Crippen molar-refractivity contribution < 1.29 is 0 Å². The van der Waals surface area contributed by atoms with E-state index in [1.54, 1.807) is 0 Å². The molecule has 3 rings (SSSR count). The Morgan fingerprint density at radius 1 is 0.800 bits per heavy atom. The molecule has 0 saturated carbocycles. The Kier molecular flexibility index (Phi) is 3.95. The molecular weight excluding hydrogens is 287 g/mol. The summed E-state index contributed by atoms with van der Waals surface area (Å²) in [4.78, 5) is 0. The molecule has 0 N–H and O–H groups in total. The molecule has 0 heterocycles. The highest BCUT2D eigenvalue weighted by Gasteiger charge is 2.13. The highest BCUT2D eigenvalue weighted by Crippen LogP contribution is 2.32. The van der Waals surface area contributed by atoms with Crippen LogP contribution in [-0.2, 0) is 6.42 Å². The molecule has 0 spiro atoms. The first kappa shape index (κ1) is 13.5. The van der Waals surface area contributed by atoms with Gasteiger partial charge in [-0.25, -0.2) is 0 Å². The Morgan fingerprint density at radius 3 is 2.35 bits per heavy atom. The molecule has 0 aromatic heterocycles. The summed E-state index contributed by atoms with van der Waals surface area (Å²) in [6.45, 7) is 0. The molecule has 1 atom stereocenters. The number of benzene rings is 3. The smallest absolute Gasteiger partial charge is 0.0632 e. The summed E-state index contributed by atoms with van der Waals surface area (Å²) in [5.41, 5.74) is 2.24. The van der Waals surface area contributed by atoms with E-state index in [4.69, 9.17) is 23.2 Å². The van der Waals surface area contributed by atoms with Crippen LogP contribution in [0.1, 0.15) is 16.5 Å². The van der Waals surface area contributed by atoms with Crippen molar-refractivity contribution in [3.63, 3.8) is 0 Å². The van der Waals surface area contributed by atoms with Crippen LogP contribution in [0.4, 0.5) is 0 Å². The van der Waals surface area contributed by atoms with E-state index in [-0.39, 0.29) is 5.38 Å². The zero-order valence-electron chi connectivity index (χ0n) is 10.9. The molecule has 0 bridgehead atoms. The Labute approximate surface area is 129 Å². The van der Waals surface area contributed by atoms with Crippen LogP contribution in [0.15, 0.2) is 66.7 Å². The molecule has 0 amide bonds. The Hall–Kier alpha value is -1.50. The van der Waals surface area contributed by atoms with E-state index < -0.39 is 0 Å². The van der Waals surface area contributed by atoms with Crippen molar-refractivity contribution in [3.8, 4) is 0 Å². The summed E-state index contributed by atoms with van der Waals surface area (Å²) in [5, 5.41) is 3.12. The van der Waals surface area contributed by atoms with Gasteiger partial charge in [-0.2, -0.15) is 0 Å². The van der Waals surface area contributed by atoms with Crippen LogP contribution in [0, 0.1) is 0 Å². The van der Waals surface area contributed by atoms with Crippen molar-refractivity contribution in [2.75, 3.05) is 0 Å². The summed E-state index contributed by atoms with van der Waals surface area (Å²) in [5.74, 6) is 0. The number of hydrogen-bond donors (Lipinski definition) is 0. The maximum atomic E-state index is 6.63. The van der Waals surface area contributed by atoms with Crippen LogP contribution >= 0.6 is 23.2 Å². The topological polar surface area (TPSA) is 0 Å². The van der Waals surface area contributed by atoms with Crippen molar-refractivity contribution in [2.45, 2.75) is 11.8 Å². The van der Waals surface area contributed by atoms with Crippen molar-refractivity contribution in [1.82, 2.24) is 0 Å². The molecule has 3 aromatic rings. The third-order valence-corrected chi connectivity index (χ3v) is 4.28. The van der Waals surface area contributed by atoms with Gasteiger partial charge in [0.2, 0.25) is 0 Å². The number of rotatable bonds is 3. The van der Waals surface area contributed by atoms with Gasteiger partial charge in [-0.05, 0) is 34.4 Å². The van der Waals surface area contributed by atoms with E-state index in [1.807, 2.05) is 36.4 Å². The molecule has 2 heteroatoms. The number of fused-ring (bicyclic) bond motifs is 1. The minimum atomic E-state index is -0.0824. The second kappa shape index (κ2) is 5.87. The van der Waals surface area contributed by atoms with Gasteiger partial charge < -0.3 is 0 Å². The van der Waals surface area contributed by atoms with Crippen LogP contribution in [0.3, 0.4) is 0 Å². The van der Waals surface area contributed by atoms with Crippen LogP contribution in [0.5, 0.6) is 0 Å². The second-order valence-corrected chi connectivity index (χ2v) is 5.77. The van der Waals surface area contributed by atoms with Gasteiger partial charge in [0.1, 0.15) is 0 Å². The first-order chi connectivity index (χ1) is 9.75. The first-order valence-electron chi connectivity index (χ1n) is 6.61. The first-order valence-corrected chi connectivity index (χ1v) is 7.42. The second-order valence-electron chi connectivity index (χ2n) is 4.83. The normalized spacial score (nSPS) is 12.5. The zero-order valence-corrected chi connectivity index (χ0v) is 12.4. The summed E-state index contributed by atoms with van der Waals surface area (Å²) < 4.78 is 0. The standard InChI is InChI=1S/C18H14Cl2/c19-17-11-4-2-7-14(17)12-18(20)16-10-5-8-13-6-1-3-9-15(13)16/h1-11,18H,12H2. The zero-order chi connectivity index (χ0) is 13.9. The van der Waals surface area contributed by atoms with Gasteiger partial charge in [-0.3, -0.25) is 0 Å². The van der Waals surface area contributed by atoms with E-state index in [0.29, 0.717) is 0 Å². The van der Waals surface area contributed by atoms with E-state index >= 15 is 0 Å². The molecule has 0 aliphatic heterocycles. The highest BCUT2D eigenvalue weighted by atomic mass is 35.5. The predicted octanol–water partition coefficient (Wildman–Crippen LogP) is 6.02. The third-order valence-electron chi connectivity index (χ3n) is 3.52. The molecule has 0 radical (unpaired) electrons. The molecule has 0 fully saturated rings. The molecule has 20 heavy (non-hydrogen) atoms. The molecule has 1 unspecified atom stereocenters. The molecule has 0 aliphatic rings. The fraction of sp³-hybridized carbons (Fsp3) is 0.111. The maximum absolute atomic E-state index is 6.63. The van der Waals surface area contributed by atoms with Crippen molar-refractivity contribution in [2.24, 2.45) is 0 Å². The minimum absolute atomic E-state index is 0.0824. The van der Waals surface area contributed by atoms with Gasteiger partial charge in [-0.1, -0.05) is 72.3 Å². The summed E-state index contributed by atoms with van der Waals surface area (Å²) >= 11 is 12.8. The Bertz CT molecular complexity index is 729. The lowest BCUT2D eigenvalue weighted by atomic mass is 9.98. The molecule has 0 aliphatic carbocycles. The maximum Gasteiger partial charge on any atom is 0.0632 e. The molecule has 0 saturated heterocycles. The highest BCUT2D eigenvalue weighted by molar-refractivity contribution is 6.31. The Morgan fingerprint density at radius 2 is 1.50 bits per heavy atom. The molecular formula is C18H14Cl2. The number of alkyl halides is 1. The van der Waals surface area contributed by atoms with Gasteiger partial charge in [0, 0.05) is 5.02 Å². The molecule has 3 aromatic carbocycles. The fourth-order valence-electron chi connectivity index (χ4n) is 2.49. The average Bonchev–Trinajstić information content (AvgIpc) is 2.49. The predicted molar refractivity (Wildman–Crippen MR) is 87.7 cm³/mol. The lowest BCUT2D eigenvalue weighted by molar-refractivity contribution is 0.929. The van der Waals surface area contributed by atoms with Crippen LogP contribution in [-0.4, -0.2) is 0 Å². The SMILES string of the molecule is Clc1ccccc1CC(Cl)c1cccc2ccccc12. The summed E-state index contributed by atoms with van der Waals surface area (Å²) in [6.07, 6.45) is 0.731. The van der Waals surface area contributed by atoms with E-state index in [0.717, 1.165) is 22.6 Å². The van der Waals surface area contributed by atoms with Gasteiger partial charge in [0.25, 0.3) is 0 Å². The summed E-state index contributed by atoms with van der Waals surface area (Å²) in [7, 11) is 0. The van der Waals surface area contributed by atoms with E-state index in [9.17, 15) is 0 Å². The van der Waals surface area contributed by atoms with Crippen LogP contribution in [0.25, 0.3) is 10.8 Å². The average molecular weight is 301 g/mol. The largest absolute Gasteiger partial charge is 0.117 e.